The Balaban J connectivity index is 0.00000240. The van der Waals surface area contributed by atoms with Gasteiger partial charge < -0.3 is 10.6 Å². The molecule has 3 aromatic heterocycles. The van der Waals surface area contributed by atoms with E-state index < -0.39 is 0 Å². The maximum absolute atomic E-state index is 4.65. The number of nitrogens with zero attached hydrogens (tertiary/aromatic N) is 7. The maximum Gasteiger partial charge on any atom is 0.191 e. The number of pyridine rings is 1. The summed E-state index contributed by atoms with van der Waals surface area (Å²) in [4.78, 5) is 9.01. The highest BCUT2D eigenvalue weighted by atomic mass is 127. The molecule has 29 heavy (non-hydrogen) atoms. The quantitative estimate of drug-likeness (QED) is 0.309. The summed E-state index contributed by atoms with van der Waals surface area (Å²) >= 11 is 0. The number of halogens is 1. The molecule has 1 aliphatic heterocycles. The van der Waals surface area contributed by atoms with Crippen LogP contribution in [0.25, 0.3) is 5.65 Å². The lowest BCUT2D eigenvalue weighted by molar-refractivity contribution is 0.391. The van der Waals surface area contributed by atoms with Crippen LogP contribution in [0.3, 0.4) is 0 Å². The Morgan fingerprint density at radius 3 is 2.97 bits per heavy atom. The van der Waals surface area contributed by atoms with Gasteiger partial charge in [0.25, 0.3) is 0 Å². The number of aryl methyl sites for hydroxylation is 1. The summed E-state index contributed by atoms with van der Waals surface area (Å²) in [5.74, 6) is 4.10. The van der Waals surface area contributed by atoms with Gasteiger partial charge in [-0.2, -0.15) is 5.10 Å². The zero-order valence-corrected chi connectivity index (χ0v) is 19.4. The third-order valence-electron chi connectivity index (χ3n) is 4.98. The first-order chi connectivity index (χ1) is 13.6. The van der Waals surface area contributed by atoms with Crippen LogP contribution in [0.4, 0.5) is 0 Å². The lowest BCUT2D eigenvalue weighted by Crippen LogP contribution is -2.47. The third kappa shape index (κ3) is 4.85. The lowest BCUT2D eigenvalue weighted by Gasteiger charge is -2.25. The van der Waals surface area contributed by atoms with Crippen LogP contribution in [-0.2, 0) is 19.4 Å². The van der Waals surface area contributed by atoms with Crippen molar-refractivity contribution >= 4 is 35.6 Å². The molecule has 2 N–H and O–H groups in total. The monoisotopic (exact) mass is 509 g/mol. The first-order valence-corrected chi connectivity index (χ1v) is 9.83. The fraction of sp³-hybridized carbons (Fsp3) is 0.526. The van der Waals surface area contributed by atoms with Crippen molar-refractivity contribution in [2.24, 2.45) is 4.99 Å². The summed E-state index contributed by atoms with van der Waals surface area (Å²) in [5.41, 5.74) is 0.867. The highest BCUT2D eigenvalue weighted by molar-refractivity contribution is 14.0. The first-order valence-electron chi connectivity index (χ1n) is 9.83. The molecule has 0 saturated carbocycles. The van der Waals surface area contributed by atoms with E-state index in [1.807, 2.05) is 33.5 Å². The summed E-state index contributed by atoms with van der Waals surface area (Å²) in [6.07, 6.45) is 4.70. The third-order valence-corrected chi connectivity index (χ3v) is 4.98. The lowest BCUT2D eigenvalue weighted by atomic mass is 10.1. The number of hydrogen-bond acceptors (Lipinski definition) is 5. The molecular formula is C19H28IN9. The van der Waals surface area contributed by atoms with Gasteiger partial charge in [0.2, 0.25) is 0 Å². The zero-order valence-electron chi connectivity index (χ0n) is 17.0. The smallest absolute Gasteiger partial charge is 0.191 e. The molecule has 0 aromatic carbocycles. The second kappa shape index (κ2) is 9.51. The van der Waals surface area contributed by atoms with Crippen molar-refractivity contribution in [2.75, 3.05) is 13.6 Å². The van der Waals surface area contributed by atoms with E-state index in [9.17, 15) is 0 Å². The normalized spacial score (nSPS) is 16.6. The molecule has 1 atom stereocenters. The predicted octanol–water partition coefficient (Wildman–Crippen LogP) is 1.78. The molecule has 4 heterocycles. The van der Waals surface area contributed by atoms with E-state index in [4.69, 9.17) is 0 Å². The van der Waals surface area contributed by atoms with Gasteiger partial charge in [0.05, 0.1) is 6.54 Å². The number of aliphatic imine (C=N–C) groups is 1. The Labute approximate surface area is 187 Å². The second-order valence-electron chi connectivity index (χ2n) is 7.40. The standard InChI is InChI=1S/C19H27N9.HI/c1-13(2)18-23-15-8-7-14(12-28(15)26-18)22-19(20-3)21-10-9-17-25-24-16-6-4-5-11-27(16)17;/h4-6,11,13-14H,7-10,12H2,1-3H3,(H2,20,21,22);1H. The van der Waals surface area contributed by atoms with Gasteiger partial charge in [-0.15, -0.1) is 34.2 Å². The summed E-state index contributed by atoms with van der Waals surface area (Å²) in [7, 11) is 1.79. The molecule has 10 heteroatoms. The van der Waals surface area contributed by atoms with Crippen LogP contribution >= 0.6 is 24.0 Å². The van der Waals surface area contributed by atoms with Gasteiger partial charge in [0.15, 0.2) is 17.4 Å². The topological polar surface area (TPSA) is 97.3 Å². The van der Waals surface area contributed by atoms with Crippen molar-refractivity contribution in [3.63, 3.8) is 0 Å². The molecule has 3 aromatic rings. The van der Waals surface area contributed by atoms with Gasteiger partial charge in [-0.25, -0.2) is 9.67 Å². The van der Waals surface area contributed by atoms with Crippen molar-refractivity contribution in [1.29, 1.82) is 0 Å². The number of hydrogen-bond donors (Lipinski definition) is 2. The van der Waals surface area contributed by atoms with E-state index in [1.165, 1.54) is 0 Å². The Morgan fingerprint density at radius 1 is 1.31 bits per heavy atom. The molecule has 0 radical (unpaired) electrons. The molecular weight excluding hydrogens is 481 g/mol. The number of nitrogens with one attached hydrogen (secondary N) is 2. The van der Waals surface area contributed by atoms with Gasteiger partial charge in [-0.1, -0.05) is 19.9 Å². The molecule has 0 amide bonds. The van der Waals surface area contributed by atoms with Gasteiger partial charge in [-0.05, 0) is 18.6 Å². The largest absolute Gasteiger partial charge is 0.356 e. The molecule has 0 saturated heterocycles. The molecule has 0 fully saturated rings. The Hall–Kier alpha value is -2.24. The highest BCUT2D eigenvalue weighted by Crippen LogP contribution is 2.16. The van der Waals surface area contributed by atoms with Crippen LogP contribution in [0.15, 0.2) is 29.4 Å². The van der Waals surface area contributed by atoms with Gasteiger partial charge in [0, 0.05) is 44.6 Å². The highest BCUT2D eigenvalue weighted by Gasteiger charge is 2.23. The molecule has 4 rings (SSSR count). The van der Waals surface area contributed by atoms with Gasteiger partial charge >= 0.3 is 0 Å². The second-order valence-corrected chi connectivity index (χ2v) is 7.40. The van der Waals surface area contributed by atoms with Gasteiger partial charge in [-0.3, -0.25) is 9.39 Å². The van der Waals surface area contributed by atoms with Crippen molar-refractivity contribution in [3.05, 3.63) is 41.9 Å². The summed E-state index contributed by atoms with van der Waals surface area (Å²) < 4.78 is 4.05. The summed E-state index contributed by atoms with van der Waals surface area (Å²) in [6.45, 7) is 5.79. The fourth-order valence-electron chi connectivity index (χ4n) is 3.43. The van der Waals surface area contributed by atoms with E-state index in [-0.39, 0.29) is 30.0 Å². The van der Waals surface area contributed by atoms with E-state index in [1.54, 1.807) is 7.05 Å². The Kier molecular flexibility index (Phi) is 7.04. The van der Waals surface area contributed by atoms with Crippen LogP contribution in [0, 0.1) is 0 Å². The molecule has 0 aliphatic carbocycles. The number of fused-ring (bicyclic) bond motifs is 2. The van der Waals surface area contributed by atoms with E-state index in [2.05, 4.69) is 49.8 Å². The Morgan fingerprint density at radius 2 is 2.17 bits per heavy atom. The summed E-state index contributed by atoms with van der Waals surface area (Å²) in [6, 6.07) is 6.19. The maximum atomic E-state index is 4.65. The number of guanidine groups is 1. The average molecular weight is 509 g/mol. The molecule has 0 spiro atoms. The molecule has 1 aliphatic rings. The fourth-order valence-corrected chi connectivity index (χ4v) is 3.43. The molecule has 0 bridgehead atoms. The van der Waals surface area contributed by atoms with Crippen LogP contribution in [0.1, 0.15) is 43.7 Å². The molecule has 156 valence electrons. The minimum absolute atomic E-state index is 0. The number of rotatable bonds is 5. The van der Waals surface area contributed by atoms with E-state index >= 15 is 0 Å². The van der Waals surface area contributed by atoms with Crippen molar-refractivity contribution in [3.8, 4) is 0 Å². The summed E-state index contributed by atoms with van der Waals surface area (Å²) in [5, 5.41) is 20.0. The SMILES string of the molecule is CN=C(NCCc1nnc2ccccn12)NC1CCc2nc(C(C)C)nn2C1.I. The minimum Gasteiger partial charge on any atom is -0.356 e. The number of aromatic nitrogens is 6. The van der Waals surface area contributed by atoms with E-state index in [0.29, 0.717) is 5.92 Å². The van der Waals surface area contributed by atoms with Crippen molar-refractivity contribution < 1.29 is 0 Å². The van der Waals surface area contributed by atoms with Crippen LogP contribution in [0.5, 0.6) is 0 Å². The van der Waals surface area contributed by atoms with Crippen molar-refractivity contribution in [2.45, 2.75) is 51.6 Å². The Bertz CT molecular complexity index is 975. The van der Waals surface area contributed by atoms with Crippen LogP contribution < -0.4 is 10.6 Å². The average Bonchev–Trinajstić information content (AvgIpc) is 3.31. The first kappa shape index (κ1) is 21.5. The van der Waals surface area contributed by atoms with Crippen molar-refractivity contribution in [1.82, 2.24) is 40.0 Å². The van der Waals surface area contributed by atoms with Crippen LogP contribution in [-0.4, -0.2) is 55.0 Å². The van der Waals surface area contributed by atoms with Crippen LogP contribution in [0.2, 0.25) is 0 Å². The van der Waals surface area contributed by atoms with Gasteiger partial charge in [0.1, 0.15) is 11.6 Å². The zero-order chi connectivity index (χ0) is 19.5. The van der Waals surface area contributed by atoms with E-state index in [0.717, 1.165) is 61.4 Å². The molecule has 9 nitrogen and oxygen atoms in total. The molecule has 1 unspecified atom stereocenters. The minimum atomic E-state index is 0. The predicted molar refractivity (Wildman–Crippen MR) is 123 cm³/mol.